The van der Waals surface area contributed by atoms with Gasteiger partial charge in [-0.3, -0.25) is 9.21 Å². The molecule has 0 aliphatic carbocycles. The van der Waals surface area contributed by atoms with E-state index in [9.17, 15) is 52.7 Å². The number of thiol groups is 1. The molecule has 228 valence electrons. The third-order valence-corrected chi connectivity index (χ3v) is 6.74. The van der Waals surface area contributed by atoms with Gasteiger partial charge in [0.1, 0.15) is 11.9 Å². The number of amides is 1. The van der Waals surface area contributed by atoms with Crippen molar-refractivity contribution in [1.29, 1.82) is 0 Å². The van der Waals surface area contributed by atoms with Crippen LogP contribution in [0.3, 0.4) is 0 Å². The Morgan fingerprint density at radius 2 is 1.51 bits per heavy atom. The van der Waals surface area contributed by atoms with Crippen molar-refractivity contribution in [1.82, 2.24) is 4.90 Å². The Morgan fingerprint density at radius 3 is 1.98 bits per heavy atom. The number of alkyl halides is 9. The van der Waals surface area contributed by atoms with Gasteiger partial charge in [0, 0.05) is 6.54 Å². The largest absolute Gasteiger partial charge is 0.573 e. The Kier molecular flexibility index (Phi) is 9.01. The first-order valence-electron chi connectivity index (χ1n) is 11.7. The maximum atomic E-state index is 13.4. The fourth-order valence-electron chi connectivity index (χ4n) is 4.22. The summed E-state index contributed by atoms with van der Waals surface area (Å²) in [6.07, 6.45) is -18.3. The Balaban J connectivity index is 2.06. The first kappa shape index (κ1) is 32.1. The van der Waals surface area contributed by atoms with Crippen LogP contribution >= 0.6 is 0 Å². The molecule has 1 aliphatic heterocycles. The number of halogens is 9. The van der Waals surface area contributed by atoms with Crippen molar-refractivity contribution in [3.63, 3.8) is 0 Å². The molecule has 7 nitrogen and oxygen atoms in total. The highest BCUT2D eigenvalue weighted by atomic mass is 32.2. The van der Waals surface area contributed by atoms with E-state index in [2.05, 4.69) is 4.74 Å². The van der Waals surface area contributed by atoms with Crippen LogP contribution in [0, 0.1) is 5.92 Å². The van der Waals surface area contributed by atoms with E-state index in [4.69, 9.17) is 4.74 Å². The van der Waals surface area contributed by atoms with E-state index in [-0.39, 0.29) is 29.8 Å². The fraction of sp³-hybridized carbons (Fsp3) is 0.458. The number of anilines is 1. The van der Waals surface area contributed by atoms with Crippen LogP contribution in [0.25, 0.3) is 0 Å². The van der Waals surface area contributed by atoms with E-state index in [0.717, 1.165) is 27.4 Å². The zero-order valence-electron chi connectivity index (χ0n) is 21.4. The Morgan fingerprint density at radius 1 is 0.951 bits per heavy atom. The molecule has 0 unspecified atom stereocenters. The van der Waals surface area contributed by atoms with Gasteiger partial charge >= 0.3 is 24.8 Å². The zero-order chi connectivity index (χ0) is 31.1. The number of ether oxygens (including phenoxy) is 2. The zero-order valence-corrected chi connectivity index (χ0v) is 22.3. The van der Waals surface area contributed by atoms with Gasteiger partial charge in [0.15, 0.2) is 0 Å². The smallest absolute Gasteiger partial charge is 0.439 e. The maximum Gasteiger partial charge on any atom is 0.573 e. The molecule has 1 heterocycles. The van der Waals surface area contributed by atoms with E-state index in [1.54, 1.807) is 13.8 Å². The predicted molar refractivity (Wildman–Crippen MR) is 126 cm³/mol. The van der Waals surface area contributed by atoms with Crippen molar-refractivity contribution < 1.29 is 62.2 Å². The SMILES string of the molecule is CC(C)CN(c1ccc(OC(F)(F)F)cc1CN1C(=O)O[C@H](c2cc(C(F)(F)F)cc(C(F)(F)F)c2)[C@@H]1C)[SH](=O)=O. The molecule has 0 spiro atoms. The van der Waals surface area contributed by atoms with E-state index in [1.807, 2.05) is 0 Å². The first-order valence-corrected chi connectivity index (χ1v) is 12.9. The van der Waals surface area contributed by atoms with Crippen molar-refractivity contribution in [2.45, 2.75) is 58.2 Å². The number of hydrogen-bond acceptors (Lipinski definition) is 5. The van der Waals surface area contributed by atoms with Crippen molar-refractivity contribution in [2.24, 2.45) is 5.92 Å². The minimum absolute atomic E-state index is 0.0888. The summed E-state index contributed by atoms with van der Waals surface area (Å²) in [5, 5.41) is 0. The average Bonchev–Trinajstić information content (AvgIpc) is 3.08. The number of rotatable bonds is 8. The molecule has 2 aromatic rings. The van der Waals surface area contributed by atoms with Gasteiger partial charge in [0.2, 0.25) is 10.9 Å². The second kappa shape index (κ2) is 11.5. The molecule has 0 aromatic heterocycles. The summed E-state index contributed by atoms with van der Waals surface area (Å²) in [4.78, 5) is 13.6. The van der Waals surface area contributed by atoms with Crippen LogP contribution in [0.1, 0.15) is 49.1 Å². The van der Waals surface area contributed by atoms with Crippen LogP contribution in [-0.2, 0) is 34.5 Å². The molecule has 0 N–H and O–H groups in total. The van der Waals surface area contributed by atoms with Gasteiger partial charge in [-0.15, -0.1) is 13.2 Å². The molecule has 1 saturated heterocycles. The Hall–Kier alpha value is -3.37. The second-order valence-electron chi connectivity index (χ2n) is 9.56. The summed E-state index contributed by atoms with van der Waals surface area (Å²) in [6, 6.07) is 2.20. The normalized spacial score (nSPS) is 18.3. The van der Waals surface area contributed by atoms with Crippen LogP contribution in [0.5, 0.6) is 5.75 Å². The van der Waals surface area contributed by atoms with Gasteiger partial charge in [-0.1, -0.05) is 13.8 Å². The standard InChI is InChI=1S/C24H23F9N2O5S/c1-12(2)10-35(41(37)38)19-5-4-18(40-24(31,32)33)8-15(19)11-34-13(3)20(39-21(34)36)14-6-16(22(25,26)27)9-17(7-14)23(28,29)30/h4-9,12-13,20,41H,10-11H2,1-3H3/t13-,20-/m0/s1. The summed E-state index contributed by atoms with van der Waals surface area (Å²) in [5.74, 6) is -1.00. The second-order valence-corrected chi connectivity index (χ2v) is 10.5. The van der Waals surface area contributed by atoms with E-state index in [1.165, 1.54) is 6.92 Å². The Bertz CT molecular complexity index is 1320. The molecule has 1 aliphatic rings. The van der Waals surface area contributed by atoms with Crippen LogP contribution in [0.15, 0.2) is 36.4 Å². The summed E-state index contributed by atoms with van der Waals surface area (Å²) < 4.78 is 153. The van der Waals surface area contributed by atoms with Crippen molar-refractivity contribution in [3.05, 3.63) is 58.7 Å². The van der Waals surface area contributed by atoms with Crippen LogP contribution < -0.4 is 9.04 Å². The number of nitrogens with zero attached hydrogens (tertiary/aromatic N) is 2. The number of carbonyl (C=O) groups is 1. The molecule has 3 rings (SSSR count). The lowest BCUT2D eigenvalue weighted by Crippen LogP contribution is -2.33. The van der Waals surface area contributed by atoms with E-state index >= 15 is 0 Å². The van der Waals surface area contributed by atoms with Gasteiger partial charge in [0.25, 0.3) is 0 Å². The van der Waals surface area contributed by atoms with E-state index < -0.39 is 76.8 Å². The van der Waals surface area contributed by atoms with Crippen molar-refractivity contribution >= 4 is 22.7 Å². The molecule has 41 heavy (non-hydrogen) atoms. The molecule has 2 atom stereocenters. The maximum absolute atomic E-state index is 13.4. The van der Waals surface area contributed by atoms with E-state index in [0.29, 0.717) is 12.1 Å². The lowest BCUT2D eigenvalue weighted by atomic mass is 9.97. The third-order valence-electron chi connectivity index (χ3n) is 5.97. The minimum atomic E-state index is -5.16. The highest BCUT2D eigenvalue weighted by Gasteiger charge is 2.43. The lowest BCUT2D eigenvalue weighted by Gasteiger charge is -2.27. The molecule has 0 radical (unpaired) electrons. The molecule has 0 saturated carbocycles. The highest BCUT2D eigenvalue weighted by molar-refractivity contribution is 7.74. The lowest BCUT2D eigenvalue weighted by molar-refractivity contribution is -0.274. The third kappa shape index (κ3) is 7.89. The van der Waals surface area contributed by atoms with Crippen molar-refractivity contribution in [3.8, 4) is 5.75 Å². The Labute approximate surface area is 229 Å². The molecule has 1 amide bonds. The topological polar surface area (TPSA) is 76.2 Å². The molecule has 17 heteroatoms. The summed E-state index contributed by atoms with van der Waals surface area (Å²) >= 11 is 0. The summed E-state index contributed by atoms with van der Waals surface area (Å²) in [5.41, 5.74) is -4.17. The quantitative estimate of drug-likeness (QED) is 0.262. The van der Waals surface area contributed by atoms with Crippen molar-refractivity contribution in [2.75, 3.05) is 10.8 Å². The number of carbonyl (C=O) groups excluding carboxylic acids is 1. The predicted octanol–water partition coefficient (Wildman–Crippen LogP) is 6.69. The summed E-state index contributed by atoms with van der Waals surface area (Å²) in [6.45, 7) is 3.86. The fourth-order valence-corrected chi connectivity index (χ4v) is 5.05. The first-order chi connectivity index (χ1) is 18.7. The molecule has 1 fully saturated rings. The highest BCUT2D eigenvalue weighted by Crippen LogP contribution is 2.42. The van der Waals surface area contributed by atoms with Gasteiger partial charge in [-0.05, 0) is 60.4 Å². The minimum Gasteiger partial charge on any atom is -0.439 e. The average molecular weight is 623 g/mol. The van der Waals surface area contributed by atoms with Gasteiger partial charge in [0.05, 0.1) is 29.4 Å². The summed E-state index contributed by atoms with van der Waals surface area (Å²) in [7, 11) is -3.32. The molecule has 2 aromatic carbocycles. The van der Waals surface area contributed by atoms with Crippen LogP contribution in [-0.4, -0.2) is 38.4 Å². The van der Waals surface area contributed by atoms with Gasteiger partial charge < -0.3 is 9.47 Å². The molecular formula is C24H23F9N2O5S. The number of cyclic esters (lactones) is 1. The monoisotopic (exact) mass is 622 g/mol. The number of benzene rings is 2. The van der Waals surface area contributed by atoms with Crippen LogP contribution in [0.2, 0.25) is 0 Å². The molecule has 0 bridgehead atoms. The number of hydrogen-bond donors (Lipinski definition) is 1. The molecular weight excluding hydrogens is 599 g/mol. The van der Waals surface area contributed by atoms with Crippen LogP contribution in [0.4, 0.5) is 50.0 Å². The van der Waals surface area contributed by atoms with Gasteiger partial charge in [-0.25, -0.2) is 13.2 Å². The van der Waals surface area contributed by atoms with Gasteiger partial charge in [-0.2, -0.15) is 26.3 Å².